The maximum Gasteiger partial charge on any atom is 0.0983 e. The van der Waals surface area contributed by atoms with Gasteiger partial charge in [0.2, 0.25) is 0 Å². The molecule has 3 rings (SSSR count). The third-order valence-electron chi connectivity index (χ3n) is 3.32. The van der Waals surface area contributed by atoms with Crippen LogP contribution in [0.25, 0.3) is 10.9 Å². The van der Waals surface area contributed by atoms with E-state index in [0.29, 0.717) is 0 Å². The largest absolute Gasteiger partial charge is 0.372 e. The van der Waals surface area contributed by atoms with Crippen molar-refractivity contribution in [1.82, 2.24) is 4.98 Å². The van der Waals surface area contributed by atoms with E-state index in [0.717, 1.165) is 29.6 Å². The number of para-hydroxylation sites is 1. The molecule has 2 N–H and O–H groups in total. The molecule has 17 heavy (non-hydrogen) atoms. The van der Waals surface area contributed by atoms with E-state index in [9.17, 15) is 0 Å². The van der Waals surface area contributed by atoms with E-state index in [4.69, 9.17) is 10.5 Å². The van der Waals surface area contributed by atoms with Gasteiger partial charge in [-0.15, -0.1) is 0 Å². The Morgan fingerprint density at radius 2 is 2.18 bits per heavy atom. The smallest absolute Gasteiger partial charge is 0.0983 e. The molecule has 0 saturated carbocycles. The number of rotatable bonds is 1. The number of benzene rings is 1. The van der Waals surface area contributed by atoms with Crippen molar-refractivity contribution in [2.45, 2.75) is 25.5 Å². The van der Waals surface area contributed by atoms with Crippen molar-refractivity contribution in [2.24, 2.45) is 5.73 Å². The van der Waals surface area contributed by atoms with Crippen LogP contribution < -0.4 is 5.73 Å². The maximum atomic E-state index is 6.11. The first-order chi connectivity index (χ1) is 8.25. The fraction of sp³-hybridized carbons (Fsp3) is 0.357. The molecule has 1 aliphatic heterocycles. The van der Waals surface area contributed by atoms with Gasteiger partial charge in [-0.05, 0) is 31.0 Å². The third kappa shape index (κ3) is 1.81. The van der Waals surface area contributed by atoms with Gasteiger partial charge in [-0.2, -0.15) is 0 Å². The molecule has 3 heteroatoms. The zero-order valence-electron chi connectivity index (χ0n) is 9.89. The van der Waals surface area contributed by atoms with Crippen molar-refractivity contribution in [2.75, 3.05) is 6.61 Å². The first kappa shape index (κ1) is 10.7. The van der Waals surface area contributed by atoms with E-state index < -0.39 is 0 Å². The highest BCUT2D eigenvalue weighted by Crippen LogP contribution is 2.32. The lowest BCUT2D eigenvalue weighted by atomic mass is 9.98. The number of hydrogen-bond donors (Lipinski definition) is 1. The molecule has 2 unspecified atom stereocenters. The van der Waals surface area contributed by atoms with Crippen LogP contribution in [0.15, 0.2) is 30.3 Å². The third-order valence-corrected chi connectivity index (χ3v) is 3.32. The summed E-state index contributed by atoms with van der Waals surface area (Å²) in [6.07, 6.45) is 0.946. The highest BCUT2D eigenvalue weighted by Gasteiger charge is 2.28. The summed E-state index contributed by atoms with van der Waals surface area (Å²) in [6, 6.07) is 10.4. The van der Waals surface area contributed by atoms with E-state index in [1.807, 2.05) is 25.1 Å². The Labute approximate surface area is 101 Å². The first-order valence-electron chi connectivity index (χ1n) is 5.99. The predicted octanol–water partition coefficient (Wildman–Crippen LogP) is 2.33. The SMILES string of the molecule is Cc1cc(C2OCCC2N)c2ccccc2n1. The molecule has 2 aromatic rings. The number of pyridine rings is 1. The van der Waals surface area contributed by atoms with Crippen LogP contribution in [-0.2, 0) is 4.74 Å². The summed E-state index contributed by atoms with van der Waals surface area (Å²) in [6.45, 7) is 2.76. The standard InChI is InChI=1S/C14H16N2O/c1-9-8-11(14-12(15)6-7-17-14)10-4-2-3-5-13(10)16-9/h2-5,8,12,14H,6-7,15H2,1H3. The number of fused-ring (bicyclic) bond motifs is 1. The van der Waals surface area contributed by atoms with Crippen molar-refractivity contribution >= 4 is 10.9 Å². The fourth-order valence-electron chi connectivity index (χ4n) is 2.50. The fourth-order valence-corrected chi connectivity index (χ4v) is 2.50. The highest BCUT2D eigenvalue weighted by atomic mass is 16.5. The van der Waals surface area contributed by atoms with Gasteiger partial charge in [-0.25, -0.2) is 0 Å². The lowest BCUT2D eigenvalue weighted by Crippen LogP contribution is -2.23. The molecule has 1 saturated heterocycles. The lowest BCUT2D eigenvalue weighted by Gasteiger charge is -2.17. The van der Waals surface area contributed by atoms with Crippen LogP contribution in [0, 0.1) is 6.92 Å². The Kier molecular flexibility index (Phi) is 2.57. The van der Waals surface area contributed by atoms with Gasteiger partial charge in [0, 0.05) is 23.7 Å². The normalized spacial score (nSPS) is 24.4. The molecular formula is C14H16N2O. The summed E-state index contributed by atoms with van der Waals surface area (Å²) >= 11 is 0. The minimum Gasteiger partial charge on any atom is -0.372 e. The molecule has 2 heterocycles. The molecule has 0 aliphatic carbocycles. The average Bonchev–Trinajstić information content (AvgIpc) is 2.74. The van der Waals surface area contributed by atoms with Gasteiger partial charge in [-0.3, -0.25) is 4.98 Å². The molecule has 0 amide bonds. The zero-order chi connectivity index (χ0) is 11.8. The molecule has 0 bridgehead atoms. The predicted molar refractivity (Wildman–Crippen MR) is 67.8 cm³/mol. The Bertz CT molecular complexity index is 553. The second kappa shape index (κ2) is 4.09. The van der Waals surface area contributed by atoms with Crippen LogP contribution in [0.3, 0.4) is 0 Å². The Hall–Kier alpha value is -1.45. The Morgan fingerprint density at radius 3 is 2.94 bits per heavy atom. The summed E-state index contributed by atoms with van der Waals surface area (Å²) in [4.78, 5) is 4.54. The molecule has 1 aromatic carbocycles. The molecule has 1 aromatic heterocycles. The van der Waals surface area contributed by atoms with Gasteiger partial charge in [0.25, 0.3) is 0 Å². The van der Waals surface area contributed by atoms with Gasteiger partial charge in [0.1, 0.15) is 0 Å². The zero-order valence-corrected chi connectivity index (χ0v) is 9.89. The average molecular weight is 228 g/mol. The number of aromatic nitrogens is 1. The maximum absolute atomic E-state index is 6.11. The van der Waals surface area contributed by atoms with Crippen LogP contribution >= 0.6 is 0 Å². The van der Waals surface area contributed by atoms with Crippen LogP contribution in [0.4, 0.5) is 0 Å². The van der Waals surface area contributed by atoms with Gasteiger partial charge >= 0.3 is 0 Å². The van der Waals surface area contributed by atoms with E-state index in [2.05, 4.69) is 17.1 Å². The molecule has 0 radical (unpaired) electrons. The lowest BCUT2D eigenvalue weighted by molar-refractivity contribution is 0.106. The van der Waals surface area contributed by atoms with E-state index in [1.54, 1.807) is 0 Å². The summed E-state index contributed by atoms with van der Waals surface area (Å²) in [5.41, 5.74) is 9.32. The number of ether oxygens (including phenoxy) is 1. The summed E-state index contributed by atoms with van der Waals surface area (Å²) in [5.74, 6) is 0. The van der Waals surface area contributed by atoms with Crippen LogP contribution in [0.2, 0.25) is 0 Å². The molecule has 1 aliphatic rings. The molecule has 3 nitrogen and oxygen atoms in total. The van der Waals surface area contributed by atoms with Gasteiger partial charge in [0.15, 0.2) is 0 Å². The van der Waals surface area contributed by atoms with E-state index >= 15 is 0 Å². The Morgan fingerprint density at radius 1 is 1.35 bits per heavy atom. The van der Waals surface area contributed by atoms with Gasteiger partial charge in [0.05, 0.1) is 11.6 Å². The summed E-state index contributed by atoms with van der Waals surface area (Å²) < 4.78 is 5.76. The minimum absolute atomic E-state index is 0.0154. The molecule has 0 spiro atoms. The van der Waals surface area contributed by atoms with Crippen molar-refractivity contribution < 1.29 is 4.74 Å². The van der Waals surface area contributed by atoms with Crippen molar-refractivity contribution in [3.63, 3.8) is 0 Å². The highest BCUT2D eigenvalue weighted by molar-refractivity contribution is 5.82. The second-order valence-corrected chi connectivity index (χ2v) is 4.61. The number of nitrogens with zero attached hydrogens (tertiary/aromatic N) is 1. The molecule has 1 fully saturated rings. The number of nitrogens with two attached hydrogens (primary N) is 1. The summed E-state index contributed by atoms with van der Waals surface area (Å²) in [7, 11) is 0. The van der Waals surface area contributed by atoms with Crippen molar-refractivity contribution in [3.8, 4) is 0 Å². The van der Waals surface area contributed by atoms with Gasteiger partial charge < -0.3 is 10.5 Å². The van der Waals surface area contributed by atoms with Gasteiger partial charge in [-0.1, -0.05) is 18.2 Å². The van der Waals surface area contributed by atoms with Crippen LogP contribution in [-0.4, -0.2) is 17.6 Å². The molecule has 2 atom stereocenters. The summed E-state index contributed by atoms with van der Waals surface area (Å²) in [5, 5.41) is 1.15. The van der Waals surface area contributed by atoms with Crippen molar-refractivity contribution in [1.29, 1.82) is 0 Å². The monoisotopic (exact) mass is 228 g/mol. The van der Waals surface area contributed by atoms with Crippen LogP contribution in [0.5, 0.6) is 0 Å². The second-order valence-electron chi connectivity index (χ2n) is 4.61. The first-order valence-corrected chi connectivity index (χ1v) is 5.99. The number of aryl methyl sites for hydroxylation is 1. The molecular weight excluding hydrogens is 212 g/mol. The molecule has 88 valence electrons. The van der Waals surface area contributed by atoms with Crippen LogP contribution in [0.1, 0.15) is 23.8 Å². The van der Waals surface area contributed by atoms with E-state index in [-0.39, 0.29) is 12.1 Å². The van der Waals surface area contributed by atoms with E-state index in [1.165, 1.54) is 5.56 Å². The van der Waals surface area contributed by atoms with Crippen molar-refractivity contribution in [3.05, 3.63) is 41.6 Å². The Balaban J connectivity index is 2.20. The quantitative estimate of drug-likeness (QED) is 0.815. The topological polar surface area (TPSA) is 48.1 Å². The minimum atomic E-state index is 0.0154. The number of hydrogen-bond acceptors (Lipinski definition) is 3.